The average Bonchev–Trinajstić information content (AvgIpc) is 2.31. The van der Waals surface area contributed by atoms with E-state index in [2.05, 4.69) is 0 Å². The Kier molecular flexibility index (Phi) is 5.67. The highest BCUT2D eigenvalue weighted by Gasteiger charge is 2.41. The van der Waals surface area contributed by atoms with Crippen molar-refractivity contribution < 1.29 is 28.9 Å². The highest BCUT2D eigenvalue weighted by molar-refractivity contribution is 5.90. The van der Waals surface area contributed by atoms with E-state index in [-0.39, 0.29) is 18.0 Å². The number of benzene rings is 1. The molecule has 0 bridgehead atoms. The summed E-state index contributed by atoms with van der Waals surface area (Å²) < 4.78 is 26.6. The summed E-state index contributed by atoms with van der Waals surface area (Å²) in [5.74, 6) is -5.81. The van der Waals surface area contributed by atoms with Crippen LogP contribution >= 0.6 is 12.4 Å². The molecule has 0 unspecified atom stereocenters. The summed E-state index contributed by atoms with van der Waals surface area (Å²) in [7, 11) is 0. The number of alkyl halides is 2. The first-order valence-electron chi connectivity index (χ1n) is 5.02. The maximum atomic E-state index is 13.3. The Morgan fingerprint density at radius 2 is 2.00 bits per heavy atom. The third kappa shape index (κ3) is 3.31. The quantitative estimate of drug-likeness (QED) is 0.673. The minimum Gasteiger partial charge on any atom is -0.507 e. The fourth-order valence-electron chi connectivity index (χ4n) is 1.53. The first-order chi connectivity index (χ1) is 8.22. The number of hydrogen-bond acceptors (Lipinski definition) is 4. The molecule has 5 nitrogen and oxygen atoms in total. The number of aliphatic hydroxyl groups is 1. The molecule has 0 amide bonds. The Morgan fingerprint density at radius 3 is 2.42 bits per heavy atom. The van der Waals surface area contributed by atoms with Gasteiger partial charge in [-0.25, -0.2) is 13.6 Å². The molecule has 0 spiro atoms. The number of carboxylic acid groups (broad SMARTS) is 1. The molecule has 0 aliphatic heterocycles. The SMILES string of the molecule is Cc1ccc(C(=O)O)c([C@@H](N)C(F)(F)CO)c1O.Cl. The summed E-state index contributed by atoms with van der Waals surface area (Å²) in [4.78, 5) is 10.9. The lowest BCUT2D eigenvalue weighted by Crippen LogP contribution is -2.37. The van der Waals surface area contributed by atoms with E-state index in [1.54, 1.807) is 0 Å². The normalized spacial score (nSPS) is 12.7. The fourth-order valence-corrected chi connectivity index (χ4v) is 1.53. The van der Waals surface area contributed by atoms with E-state index in [9.17, 15) is 18.7 Å². The molecule has 0 aliphatic rings. The second kappa shape index (κ2) is 6.14. The first kappa shape index (κ1) is 17.6. The maximum absolute atomic E-state index is 13.3. The van der Waals surface area contributed by atoms with Crippen molar-refractivity contribution in [3.05, 3.63) is 28.8 Å². The number of carbonyl (C=O) groups is 1. The van der Waals surface area contributed by atoms with Crippen molar-refractivity contribution in [1.82, 2.24) is 0 Å². The lowest BCUT2D eigenvalue weighted by Gasteiger charge is -2.24. The Bertz CT molecular complexity index is 482. The molecule has 0 heterocycles. The minimum atomic E-state index is -3.73. The van der Waals surface area contributed by atoms with E-state index in [0.717, 1.165) is 6.07 Å². The number of halogens is 3. The molecule has 108 valence electrons. The van der Waals surface area contributed by atoms with Crippen LogP contribution in [0.3, 0.4) is 0 Å². The van der Waals surface area contributed by atoms with Crippen LogP contribution in [0.15, 0.2) is 12.1 Å². The molecule has 19 heavy (non-hydrogen) atoms. The summed E-state index contributed by atoms with van der Waals surface area (Å²) in [6.07, 6.45) is 0. The second-order valence-corrected chi connectivity index (χ2v) is 3.89. The molecule has 1 atom stereocenters. The van der Waals surface area contributed by atoms with Crippen LogP contribution in [0.2, 0.25) is 0 Å². The molecule has 0 aliphatic carbocycles. The lowest BCUT2D eigenvalue weighted by atomic mass is 9.93. The highest BCUT2D eigenvalue weighted by Crippen LogP contribution is 2.37. The molecule has 1 rings (SSSR count). The Hall–Kier alpha value is -1.44. The van der Waals surface area contributed by atoms with Crippen molar-refractivity contribution in [2.24, 2.45) is 5.73 Å². The van der Waals surface area contributed by atoms with Crippen molar-refractivity contribution in [1.29, 1.82) is 0 Å². The Morgan fingerprint density at radius 1 is 1.47 bits per heavy atom. The van der Waals surface area contributed by atoms with Gasteiger partial charge in [0.05, 0.1) is 5.56 Å². The van der Waals surface area contributed by atoms with Crippen LogP contribution in [0.25, 0.3) is 0 Å². The topological polar surface area (TPSA) is 104 Å². The van der Waals surface area contributed by atoms with E-state index in [0.29, 0.717) is 0 Å². The van der Waals surface area contributed by atoms with Gasteiger partial charge in [-0.1, -0.05) is 6.07 Å². The predicted molar refractivity (Wildman–Crippen MR) is 66.0 cm³/mol. The second-order valence-electron chi connectivity index (χ2n) is 3.89. The number of phenolic OH excluding ortho intramolecular Hbond substituents is 1. The summed E-state index contributed by atoms with van der Waals surface area (Å²) in [6, 6.07) is 0.264. The largest absolute Gasteiger partial charge is 0.507 e. The number of nitrogens with two attached hydrogens (primary N) is 1. The summed E-state index contributed by atoms with van der Waals surface area (Å²) >= 11 is 0. The van der Waals surface area contributed by atoms with Crippen LogP contribution in [0, 0.1) is 6.92 Å². The van der Waals surface area contributed by atoms with Crippen LogP contribution in [0.5, 0.6) is 5.75 Å². The average molecular weight is 298 g/mol. The zero-order valence-electron chi connectivity index (χ0n) is 9.93. The minimum absolute atomic E-state index is 0. The molecular formula is C11H14ClF2NO4. The van der Waals surface area contributed by atoms with Gasteiger partial charge in [0.25, 0.3) is 5.92 Å². The third-order valence-corrected chi connectivity index (χ3v) is 2.63. The van der Waals surface area contributed by atoms with Crippen LogP contribution in [0.4, 0.5) is 8.78 Å². The number of phenols is 1. The molecule has 0 fully saturated rings. The van der Waals surface area contributed by atoms with Gasteiger partial charge in [-0.05, 0) is 18.6 Å². The van der Waals surface area contributed by atoms with Crippen LogP contribution < -0.4 is 5.73 Å². The van der Waals surface area contributed by atoms with E-state index in [1.807, 2.05) is 0 Å². The third-order valence-electron chi connectivity index (χ3n) is 2.63. The van der Waals surface area contributed by atoms with E-state index in [1.165, 1.54) is 13.0 Å². The van der Waals surface area contributed by atoms with Crippen molar-refractivity contribution in [3.8, 4) is 5.75 Å². The standard InChI is InChI=1S/C11H13F2NO4.ClH/c1-5-2-3-6(10(17)18)7(8(5)16)9(14)11(12,13)4-15;/h2-3,9,15-16H,4,14H2,1H3,(H,17,18);1H/t9-;/m1./s1. The van der Waals surface area contributed by atoms with Crippen molar-refractivity contribution in [3.63, 3.8) is 0 Å². The molecule has 0 aromatic heterocycles. The Labute approximate surface area is 114 Å². The number of hydrogen-bond donors (Lipinski definition) is 4. The molecule has 1 aromatic rings. The van der Waals surface area contributed by atoms with Gasteiger partial charge in [-0.3, -0.25) is 0 Å². The molecule has 1 aromatic carbocycles. The van der Waals surface area contributed by atoms with E-state index in [4.69, 9.17) is 15.9 Å². The molecule has 0 saturated heterocycles. The van der Waals surface area contributed by atoms with Gasteiger partial charge >= 0.3 is 5.97 Å². The number of aromatic carboxylic acids is 1. The maximum Gasteiger partial charge on any atom is 0.336 e. The zero-order chi connectivity index (χ0) is 14.1. The number of carboxylic acids is 1. The number of aliphatic hydroxyl groups excluding tert-OH is 1. The summed E-state index contributed by atoms with van der Waals surface area (Å²) in [5.41, 5.74) is 4.38. The van der Waals surface area contributed by atoms with Crippen molar-refractivity contribution >= 4 is 18.4 Å². The van der Waals surface area contributed by atoms with Gasteiger partial charge < -0.3 is 21.1 Å². The van der Waals surface area contributed by atoms with Crippen LogP contribution in [0.1, 0.15) is 27.5 Å². The predicted octanol–water partition coefficient (Wildman–Crippen LogP) is 1.45. The monoisotopic (exact) mass is 297 g/mol. The van der Waals surface area contributed by atoms with Gasteiger partial charge in [0.2, 0.25) is 0 Å². The van der Waals surface area contributed by atoms with Gasteiger partial charge in [0, 0.05) is 5.56 Å². The number of rotatable bonds is 4. The molecule has 8 heteroatoms. The Balaban J connectivity index is 0.00000324. The van der Waals surface area contributed by atoms with Gasteiger partial charge in [-0.15, -0.1) is 12.4 Å². The smallest absolute Gasteiger partial charge is 0.336 e. The van der Waals surface area contributed by atoms with Crippen LogP contribution in [-0.2, 0) is 0 Å². The highest BCUT2D eigenvalue weighted by atomic mass is 35.5. The van der Waals surface area contributed by atoms with Gasteiger partial charge in [0.15, 0.2) is 0 Å². The first-order valence-corrected chi connectivity index (χ1v) is 5.02. The molecule has 5 N–H and O–H groups in total. The molecule has 0 saturated carbocycles. The van der Waals surface area contributed by atoms with Crippen LogP contribution in [-0.4, -0.2) is 33.8 Å². The van der Waals surface area contributed by atoms with E-state index >= 15 is 0 Å². The van der Waals surface area contributed by atoms with Gasteiger partial charge in [0.1, 0.15) is 18.4 Å². The summed E-state index contributed by atoms with van der Waals surface area (Å²) in [5, 5.41) is 27.1. The fraction of sp³-hybridized carbons (Fsp3) is 0.364. The van der Waals surface area contributed by atoms with Gasteiger partial charge in [-0.2, -0.15) is 0 Å². The molecule has 0 radical (unpaired) electrons. The van der Waals surface area contributed by atoms with E-state index < -0.39 is 41.4 Å². The number of aromatic hydroxyl groups is 1. The lowest BCUT2D eigenvalue weighted by molar-refractivity contribution is -0.0717. The summed E-state index contributed by atoms with van der Waals surface area (Å²) in [6.45, 7) is -0.116. The molecular weight excluding hydrogens is 284 g/mol. The van der Waals surface area contributed by atoms with Crippen molar-refractivity contribution in [2.45, 2.75) is 18.9 Å². The van der Waals surface area contributed by atoms with Crippen molar-refractivity contribution in [2.75, 3.05) is 6.61 Å². The zero-order valence-corrected chi connectivity index (χ0v) is 10.7. The number of aryl methyl sites for hydroxylation is 1.